The van der Waals surface area contributed by atoms with E-state index in [-0.39, 0.29) is 5.78 Å². The van der Waals surface area contributed by atoms with Crippen LogP contribution in [0.1, 0.15) is 33.6 Å². The molecule has 0 saturated carbocycles. The van der Waals surface area contributed by atoms with Crippen molar-refractivity contribution in [1.82, 2.24) is 0 Å². The van der Waals surface area contributed by atoms with Crippen LogP contribution in [-0.2, 0) is 4.79 Å². The summed E-state index contributed by atoms with van der Waals surface area (Å²) in [4.78, 5) is 14.4. The molecule has 0 unspecified atom stereocenters. The van der Waals surface area contributed by atoms with Crippen molar-refractivity contribution in [2.24, 2.45) is 10.7 Å². The van der Waals surface area contributed by atoms with Gasteiger partial charge in [0.15, 0.2) is 0 Å². The summed E-state index contributed by atoms with van der Waals surface area (Å²) in [6.07, 6.45) is 6.16. The van der Waals surface area contributed by atoms with Gasteiger partial charge in [-0.2, -0.15) is 0 Å². The van der Waals surface area contributed by atoms with Gasteiger partial charge in [0, 0.05) is 19.2 Å². The van der Waals surface area contributed by atoms with Crippen LogP contribution in [0.5, 0.6) is 0 Å². The SMILES string of the molecule is CC.CC(=O)CCCN=C/C=C\N. The van der Waals surface area contributed by atoms with Crippen molar-refractivity contribution in [2.45, 2.75) is 33.6 Å². The third-order valence-electron chi connectivity index (χ3n) is 1.12. The van der Waals surface area contributed by atoms with Gasteiger partial charge in [0.2, 0.25) is 0 Å². The lowest BCUT2D eigenvalue weighted by Gasteiger charge is -1.89. The Morgan fingerprint density at radius 2 is 2.08 bits per heavy atom. The van der Waals surface area contributed by atoms with Crippen molar-refractivity contribution in [1.29, 1.82) is 0 Å². The molecule has 0 saturated heterocycles. The first-order valence-electron chi connectivity index (χ1n) is 4.63. The van der Waals surface area contributed by atoms with Crippen LogP contribution in [0.4, 0.5) is 0 Å². The molecule has 0 fully saturated rings. The molecule has 13 heavy (non-hydrogen) atoms. The van der Waals surface area contributed by atoms with Gasteiger partial charge < -0.3 is 10.5 Å². The fourth-order valence-electron chi connectivity index (χ4n) is 0.604. The molecule has 0 radical (unpaired) electrons. The van der Waals surface area contributed by atoms with Crippen molar-refractivity contribution in [2.75, 3.05) is 6.54 Å². The number of ketones is 1. The number of allylic oxidation sites excluding steroid dienone is 1. The molecule has 0 aromatic carbocycles. The fourth-order valence-corrected chi connectivity index (χ4v) is 0.604. The Bertz CT molecular complexity index is 162. The first-order chi connectivity index (χ1) is 6.27. The third kappa shape index (κ3) is 18.1. The molecule has 76 valence electrons. The van der Waals surface area contributed by atoms with Gasteiger partial charge in [-0.25, -0.2) is 0 Å². The topological polar surface area (TPSA) is 55.5 Å². The molecule has 0 heterocycles. The van der Waals surface area contributed by atoms with Crippen molar-refractivity contribution in [3.8, 4) is 0 Å². The van der Waals surface area contributed by atoms with Gasteiger partial charge in [0.25, 0.3) is 0 Å². The van der Waals surface area contributed by atoms with Crippen molar-refractivity contribution in [3.05, 3.63) is 12.3 Å². The zero-order chi connectivity index (χ0) is 10.5. The molecule has 0 bridgehead atoms. The van der Waals surface area contributed by atoms with E-state index < -0.39 is 0 Å². The normalized spacial score (nSPS) is 10.1. The molecule has 0 atom stereocenters. The summed E-state index contributed by atoms with van der Waals surface area (Å²) in [6, 6.07) is 0. The Hall–Kier alpha value is -1.12. The minimum atomic E-state index is 0.217. The predicted octanol–water partition coefficient (Wildman–Crippen LogP) is 1.93. The number of carbonyl (C=O) groups is 1. The summed E-state index contributed by atoms with van der Waals surface area (Å²) in [5, 5.41) is 0. The second-order valence-electron chi connectivity index (χ2n) is 2.25. The van der Waals surface area contributed by atoms with Gasteiger partial charge in [0.05, 0.1) is 0 Å². The highest BCUT2D eigenvalue weighted by atomic mass is 16.1. The Labute approximate surface area is 80.7 Å². The van der Waals surface area contributed by atoms with Crippen LogP contribution in [0.3, 0.4) is 0 Å². The van der Waals surface area contributed by atoms with Gasteiger partial charge in [-0.05, 0) is 25.6 Å². The Morgan fingerprint density at radius 1 is 1.46 bits per heavy atom. The number of nitrogens with two attached hydrogens (primary N) is 1. The van der Waals surface area contributed by atoms with Crippen LogP contribution in [0.25, 0.3) is 0 Å². The maximum absolute atomic E-state index is 10.4. The lowest BCUT2D eigenvalue weighted by atomic mass is 10.2. The second kappa shape index (κ2) is 13.5. The van der Waals surface area contributed by atoms with Crippen molar-refractivity contribution < 1.29 is 4.79 Å². The van der Waals surface area contributed by atoms with E-state index in [1.807, 2.05) is 13.8 Å². The molecule has 0 aliphatic carbocycles. The summed E-state index contributed by atoms with van der Waals surface area (Å²) in [5.74, 6) is 0.217. The van der Waals surface area contributed by atoms with Gasteiger partial charge in [0.1, 0.15) is 5.78 Å². The quantitative estimate of drug-likeness (QED) is 0.524. The first-order valence-corrected chi connectivity index (χ1v) is 4.63. The van der Waals surface area contributed by atoms with Crippen LogP contribution in [0.15, 0.2) is 17.3 Å². The largest absolute Gasteiger partial charge is 0.405 e. The van der Waals surface area contributed by atoms with Crippen LogP contribution in [0.2, 0.25) is 0 Å². The van der Waals surface area contributed by atoms with E-state index >= 15 is 0 Å². The first kappa shape index (κ1) is 14.4. The summed E-state index contributed by atoms with van der Waals surface area (Å²) < 4.78 is 0. The molecule has 0 rings (SSSR count). The third-order valence-corrected chi connectivity index (χ3v) is 1.12. The maximum atomic E-state index is 10.4. The van der Waals surface area contributed by atoms with E-state index in [0.717, 1.165) is 6.42 Å². The summed E-state index contributed by atoms with van der Waals surface area (Å²) in [6.45, 7) is 6.29. The van der Waals surface area contributed by atoms with Crippen LogP contribution in [0, 0.1) is 0 Å². The van der Waals surface area contributed by atoms with Gasteiger partial charge in [-0.15, -0.1) is 0 Å². The number of aliphatic imine (C=N–C) groups is 1. The van der Waals surface area contributed by atoms with Crippen LogP contribution < -0.4 is 5.73 Å². The molecule has 0 amide bonds. The lowest BCUT2D eigenvalue weighted by molar-refractivity contribution is -0.117. The Balaban J connectivity index is 0. The number of carbonyl (C=O) groups excluding carboxylic acids is 1. The monoisotopic (exact) mass is 184 g/mol. The van der Waals surface area contributed by atoms with E-state index in [1.165, 1.54) is 6.20 Å². The number of hydrogen-bond donors (Lipinski definition) is 1. The van der Waals surface area contributed by atoms with Gasteiger partial charge >= 0.3 is 0 Å². The highest BCUT2D eigenvalue weighted by Crippen LogP contribution is 1.89. The summed E-state index contributed by atoms with van der Waals surface area (Å²) in [5.41, 5.74) is 5.07. The van der Waals surface area contributed by atoms with Crippen LogP contribution in [-0.4, -0.2) is 18.5 Å². The van der Waals surface area contributed by atoms with E-state index in [9.17, 15) is 4.79 Å². The van der Waals surface area contributed by atoms with E-state index in [1.54, 1.807) is 19.2 Å². The smallest absolute Gasteiger partial charge is 0.129 e. The molecule has 0 aromatic rings. The minimum absolute atomic E-state index is 0.217. The predicted molar refractivity (Wildman–Crippen MR) is 57.9 cm³/mol. The molecule has 3 nitrogen and oxygen atoms in total. The Morgan fingerprint density at radius 3 is 2.54 bits per heavy atom. The van der Waals surface area contributed by atoms with E-state index in [4.69, 9.17) is 5.73 Å². The molecule has 0 aliphatic heterocycles. The number of rotatable bonds is 5. The molecule has 0 spiro atoms. The fraction of sp³-hybridized carbons (Fsp3) is 0.600. The van der Waals surface area contributed by atoms with Gasteiger partial charge in [-0.3, -0.25) is 4.99 Å². The summed E-state index contributed by atoms with van der Waals surface area (Å²) >= 11 is 0. The highest BCUT2D eigenvalue weighted by molar-refractivity contribution is 5.75. The van der Waals surface area contributed by atoms with Crippen LogP contribution >= 0.6 is 0 Å². The molecular weight excluding hydrogens is 164 g/mol. The van der Waals surface area contributed by atoms with E-state index in [0.29, 0.717) is 13.0 Å². The molecular formula is C10H20N2O. The minimum Gasteiger partial charge on any atom is -0.405 e. The highest BCUT2D eigenvalue weighted by Gasteiger charge is 1.89. The number of Topliss-reactive ketones (excluding diaryl/α,β-unsaturated/α-hetero) is 1. The van der Waals surface area contributed by atoms with Crippen molar-refractivity contribution >= 4 is 12.0 Å². The lowest BCUT2D eigenvalue weighted by Crippen LogP contribution is -1.91. The molecule has 0 aromatic heterocycles. The van der Waals surface area contributed by atoms with Gasteiger partial charge in [-0.1, -0.05) is 13.8 Å². The molecule has 0 aliphatic rings. The van der Waals surface area contributed by atoms with E-state index in [2.05, 4.69) is 4.99 Å². The standard InChI is InChI=1S/C8H14N2O.C2H6/c1-8(11)4-2-6-10-7-3-5-9;1-2/h3,5,7H,2,4,6,9H2,1H3;1-2H3/b5-3-,10-7?;. The zero-order valence-electron chi connectivity index (χ0n) is 8.79. The Kier molecular flexibility index (Phi) is 14.9. The molecule has 2 N–H and O–H groups in total. The molecule has 3 heteroatoms. The number of nitrogens with zero attached hydrogens (tertiary/aromatic N) is 1. The summed E-state index contributed by atoms with van der Waals surface area (Å²) in [7, 11) is 0. The van der Waals surface area contributed by atoms with Crippen molar-refractivity contribution in [3.63, 3.8) is 0 Å². The maximum Gasteiger partial charge on any atom is 0.129 e. The zero-order valence-corrected chi connectivity index (χ0v) is 8.79. The number of hydrogen-bond acceptors (Lipinski definition) is 3. The average Bonchev–Trinajstić information content (AvgIpc) is 2.14. The second-order valence-corrected chi connectivity index (χ2v) is 2.25. The average molecular weight is 184 g/mol.